The van der Waals surface area contributed by atoms with Gasteiger partial charge in [0.1, 0.15) is 11.6 Å². The lowest BCUT2D eigenvalue weighted by Gasteiger charge is -2.32. The van der Waals surface area contributed by atoms with Crippen LogP contribution in [0.1, 0.15) is 56.9 Å². The van der Waals surface area contributed by atoms with E-state index in [-0.39, 0.29) is 17.4 Å². The summed E-state index contributed by atoms with van der Waals surface area (Å²) in [4.78, 5) is 27.8. The number of amides is 3. The number of carbonyl (C=O) groups is 2. The van der Waals surface area contributed by atoms with Crippen LogP contribution in [0.3, 0.4) is 0 Å². The van der Waals surface area contributed by atoms with E-state index in [9.17, 15) is 9.59 Å². The first kappa shape index (κ1) is 30.9. The summed E-state index contributed by atoms with van der Waals surface area (Å²) in [6.45, 7) is 10.3. The molecule has 2 N–H and O–H groups in total. The zero-order valence-corrected chi connectivity index (χ0v) is 26.2. The van der Waals surface area contributed by atoms with E-state index in [1.54, 1.807) is 4.68 Å². The molecule has 2 heterocycles. The van der Waals surface area contributed by atoms with Crippen molar-refractivity contribution >= 4 is 23.4 Å². The number of rotatable bonds is 9. The van der Waals surface area contributed by atoms with E-state index in [1.165, 1.54) is 5.56 Å². The molecule has 0 bridgehead atoms. The van der Waals surface area contributed by atoms with Gasteiger partial charge in [0.05, 0.1) is 24.4 Å². The number of ether oxygens (including phenoxy) is 1. The van der Waals surface area contributed by atoms with Crippen molar-refractivity contribution in [3.8, 4) is 11.4 Å². The molecule has 1 aliphatic heterocycles. The molecule has 4 aromatic rings. The third-order valence-electron chi connectivity index (χ3n) is 8.00. The Labute approximate surface area is 260 Å². The van der Waals surface area contributed by atoms with Crippen molar-refractivity contribution in [1.29, 1.82) is 0 Å². The highest BCUT2D eigenvalue weighted by molar-refractivity contribution is 5.99. The summed E-state index contributed by atoms with van der Waals surface area (Å²) in [5, 5.41) is 10.8. The zero-order valence-electron chi connectivity index (χ0n) is 26.2. The topological polar surface area (TPSA) is 88.5 Å². The molecule has 3 aromatic carbocycles. The Morgan fingerprint density at radius 3 is 2.34 bits per heavy atom. The minimum atomic E-state index is -0.320. The summed E-state index contributed by atoms with van der Waals surface area (Å²) in [6, 6.07) is 27.3. The lowest BCUT2D eigenvalue weighted by atomic mass is 9.90. The second kappa shape index (κ2) is 13.8. The Morgan fingerprint density at radius 2 is 1.64 bits per heavy atom. The maximum absolute atomic E-state index is 13.1. The van der Waals surface area contributed by atoms with Gasteiger partial charge in [0.15, 0.2) is 0 Å². The summed E-state index contributed by atoms with van der Waals surface area (Å²) in [5.74, 6) is 2.04. The fourth-order valence-corrected chi connectivity index (χ4v) is 5.43. The maximum Gasteiger partial charge on any atom is 0.324 e. The Kier molecular flexibility index (Phi) is 9.68. The molecule has 0 spiro atoms. The van der Waals surface area contributed by atoms with Crippen LogP contribution in [-0.2, 0) is 16.6 Å². The monoisotopic (exact) mass is 593 g/mol. The number of hydrogen-bond donors (Lipinski definition) is 2. The van der Waals surface area contributed by atoms with Crippen LogP contribution in [0, 0.1) is 12.8 Å². The van der Waals surface area contributed by atoms with E-state index in [2.05, 4.69) is 37.5 Å². The predicted molar refractivity (Wildman–Crippen MR) is 176 cm³/mol. The van der Waals surface area contributed by atoms with Gasteiger partial charge in [0.2, 0.25) is 5.91 Å². The van der Waals surface area contributed by atoms with Crippen LogP contribution in [0.2, 0.25) is 0 Å². The van der Waals surface area contributed by atoms with Crippen LogP contribution in [0.4, 0.5) is 16.3 Å². The second-order valence-corrected chi connectivity index (χ2v) is 12.6. The number of nitrogens with one attached hydrogen (secondary N) is 2. The van der Waals surface area contributed by atoms with Gasteiger partial charge in [0, 0.05) is 30.3 Å². The molecule has 1 fully saturated rings. The number of benzene rings is 3. The average molecular weight is 594 g/mol. The maximum atomic E-state index is 13.1. The molecule has 0 atom stereocenters. The highest BCUT2D eigenvalue weighted by atomic mass is 16.5. The van der Waals surface area contributed by atoms with E-state index in [4.69, 9.17) is 9.84 Å². The summed E-state index contributed by atoms with van der Waals surface area (Å²) in [5.41, 5.74) is 4.68. The van der Waals surface area contributed by atoms with Crippen molar-refractivity contribution in [2.45, 2.75) is 58.8 Å². The highest BCUT2D eigenvalue weighted by Crippen LogP contribution is 2.27. The van der Waals surface area contributed by atoms with Crippen LogP contribution >= 0.6 is 0 Å². The number of urea groups is 1. The van der Waals surface area contributed by atoms with Crippen LogP contribution < -0.4 is 15.4 Å². The van der Waals surface area contributed by atoms with Crippen LogP contribution in [-0.4, -0.2) is 46.3 Å². The minimum Gasteiger partial charge on any atom is -0.493 e. The van der Waals surface area contributed by atoms with Gasteiger partial charge in [-0.2, -0.15) is 5.10 Å². The molecule has 1 aromatic heterocycles. The Bertz CT molecular complexity index is 1550. The summed E-state index contributed by atoms with van der Waals surface area (Å²) in [7, 11) is 0. The third-order valence-corrected chi connectivity index (χ3v) is 8.00. The van der Waals surface area contributed by atoms with Gasteiger partial charge in [-0.05, 0) is 74.1 Å². The summed E-state index contributed by atoms with van der Waals surface area (Å²) < 4.78 is 7.48. The first-order valence-electron chi connectivity index (χ1n) is 15.4. The molecule has 0 saturated carbocycles. The summed E-state index contributed by atoms with van der Waals surface area (Å²) >= 11 is 0. The van der Waals surface area contributed by atoms with Crippen LogP contribution in [0.25, 0.3) is 5.69 Å². The molecule has 0 aliphatic carbocycles. The molecule has 8 nitrogen and oxygen atoms in total. The van der Waals surface area contributed by atoms with Gasteiger partial charge in [0.25, 0.3) is 0 Å². The molecule has 0 radical (unpaired) electrons. The van der Waals surface area contributed by atoms with Crippen molar-refractivity contribution < 1.29 is 14.3 Å². The first-order chi connectivity index (χ1) is 21.1. The van der Waals surface area contributed by atoms with Crippen molar-refractivity contribution in [3.05, 3.63) is 102 Å². The van der Waals surface area contributed by atoms with Crippen LogP contribution in [0.5, 0.6) is 5.75 Å². The predicted octanol–water partition coefficient (Wildman–Crippen LogP) is 7.37. The highest BCUT2D eigenvalue weighted by Gasteiger charge is 2.24. The van der Waals surface area contributed by atoms with E-state index in [0.29, 0.717) is 24.8 Å². The first-order valence-corrected chi connectivity index (χ1v) is 15.4. The lowest BCUT2D eigenvalue weighted by molar-refractivity contribution is -0.133. The van der Waals surface area contributed by atoms with Crippen LogP contribution in [0.15, 0.2) is 84.9 Å². The molecule has 44 heavy (non-hydrogen) atoms. The number of aryl methyl sites for hydroxylation is 1. The normalized spacial score (nSPS) is 13.9. The molecule has 230 valence electrons. The van der Waals surface area contributed by atoms with E-state index >= 15 is 0 Å². The fourth-order valence-electron chi connectivity index (χ4n) is 5.43. The van der Waals surface area contributed by atoms with E-state index in [1.807, 2.05) is 90.7 Å². The largest absolute Gasteiger partial charge is 0.493 e. The molecular weight excluding hydrogens is 550 g/mol. The van der Waals surface area contributed by atoms with Gasteiger partial charge in [-0.15, -0.1) is 0 Å². The van der Waals surface area contributed by atoms with Crippen molar-refractivity contribution in [3.63, 3.8) is 0 Å². The van der Waals surface area contributed by atoms with Gasteiger partial charge < -0.3 is 15.0 Å². The Morgan fingerprint density at radius 1 is 0.909 bits per heavy atom. The number of nitrogens with zero attached hydrogens (tertiary/aromatic N) is 3. The average Bonchev–Trinajstić information content (AvgIpc) is 3.43. The van der Waals surface area contributed by atoms with E-state index < -0.39 is 0 Å². The standard InChI is InChI=1S/C36H43N5O3/c1-26-13-15-30(16-14-26)41-33(25-32(39-41)36(2,3)4)38-35(43)37-29-10-8-9-28(24-29)23-27-17-20-40(21-18-27)34(42)19-22-44-31-11-6-5-7-12-31/h5-16,24-25,27H,17-23H2,1-4H3,(H2,37,38,43). The molecule has 1 aliphatic rings. The Balaban J connectivity index is 1.13. The summed E-state index contributed by atoms with van der Waals surface area (Å²) in [6.07, 6.45) is 3.22. The smallest absolute Gasteiger partial charge is 0.324 e. The molecular formula is C36H43N5O3. The fraction of sp³-hybridized carbons (Fsp3) is 0.361. The van der Waals surface area contributed by atoms with E-state index in [0.717, 1.165) is 60.7 Å². The third kappa shape index (κ3) is 8.28. The number of anilines is 2. The zero-order chi connectivity index (χ0) is 31.1. The lowest BCUT2D eigenvalue weighted by Crippen LogP contribution is -2.39. The van der Waals surface area contributed by atoms with Gasteiger partial charge in [-0.3, -0.25) is 10.1 Å². The number of para-hydroxylation sites is 1. The number of likely N-dealkylation sites (tertiary alicyclic amines) is 1. The van der Waals surface area contributed by atoms with Crippen molar-refractivity contribution in [2.24, 2.45) is 5.92 Å². The molecule has 5 rings (SSSR count). The number of piperidine rings is 1. The van der Waals surface area contributed by atoms with Gasteiger partial charge >= 0.3 is 6.03 Å². The SMILES string of the molecule is Cc1ccc(-n2nc(C(C)(C)C)cc2NC(=O)Nc2cccc(CC3CCN(C(=O)CCOc4ccccc4)CC3)c2)cc1. The Hall–Kier alpha value is -4.59. The number of carbonyl (C=O) groups excluding carboxylic acids is 2. The molecule has 8 heteroatoms. The quantitative estimate of drug-likeness (QED) is 0.212. The second-order valence-electron chi connectivity index (χ2n) is 12.6. The number of hydrogen-bond acceptors (Lipinski definition) is 4. The van der Waals surface area contributed by atoms with Crippen molar-refractivity contribution in [1.82, 2.24) is 14.7 Å². The van der Waals surface area contributed by atoms with Gasteiger partial charge in [-0.25, -0.2) is 9.48 Å². The molecule has 0 unspecified atom stereocenters. The minimum absolute atomic E-state index is 0.148. The molecule has 1 saturated heterocycles. The van der Waals surface area contributed by atoms with Crippen molar-refractivity contribution in [2.75, 3.05) is 30.3 Å². The molecule has 3 amide bonds. The van der Waals surface area contributed by atoms with Gasteiger partial charge in [-0.1, -0.05) is 68.8 Å². The number of aromatic nitrogens is 2.